The van der Waals surface area contributed by atoms with Gasteiger partial charge in [-0.1, -0.05) is 146 Å². The standard InChI is InChI=1S/C56H35N3O/c1-32-24-25-37(30-45(32)50-33(2)39-20-10-15-36-16-11-22-44(50)51(36)39)38-26-28-48-46(31-38)42-19-7-8-23-47(42)59(48)56-54-53(52-41-18-6-4-13-35(41)27-29-49(52)60-54)57-55(58-56)43-21-9-14-34-12-3-5-17-40(34)43/h3-31H,1-2H3. The molecule has 9 aromatic carbocycles. The average molecular weight is 766 g/mol. The predicted molar refractivity (Wildman–Crippen MR) is 250 cm³/mol. The van der Waals surface area contributed by atoms with Crippen LogP contribution in [0.15, 0.2) is 180 Å². The first-order valence-electron chi connectivity index (χ1n) is 20.6. The maximum absolute atomic E-state index is 6.86. The number of aryl methyl sites for hydroxylation is 1. The molecule has 60 heavy (non-hydrogen) atoms. The molecule has 0 radical (unpaired) electrons. The van der Waals surface area contributed by atoms with Gasteiger partial charge in [0, 0.05) is 16.3 Å². The quantitative estimate of drug-likeness (QED) is 0.179. The predicted octanol–water partition coefficient (Wildman–Crippen LogP) is 14.9. The molecule has 4 nitrogen and oxygen atoms in total. The molecule has 280 valence electrons. The van der Waals surface area contributed by atoms with Gasteiger partial charge in [-0.05, 0) is 121 Å². The van der Waals surface area contributed by atoms with Crippen molar-refractivity contribution in [1.29, 1.82) is 0 Å². The highest BCUT2D eigenvalue weighted by Crippen LogP contribution is 2.47. The van der Waals surface area contributed by atoms with E-state index in [9.17, 15) is 0 Å². The maximum atomic E-state index is 6.86. The van der Waals surface area contributed by atoms with Gasteiger partial charge in [0.1, 0.15) is 11.1 Å². The van der Waals surface area contributed by atoms with Crippen molar-refractivity contribution in [2.75, 3.05) is 0 Å². The largest absolute Gasteiger partial charge is 0.450 e. The normalized spacial score (nSPS) is 12.8. The third kappa shape index (κ3) is 4.61. The Morgan fingerprint density at radius 1 is 0.450 bits per heavy atom. The van der Waals surface area contributed by atoms with E-state index in [1.54, 1.807) is 0 Å². The summed E-state index contributed by atoms with van der Waals surface area (Å²) in [5.74, 6) is 1.38. The lowest BCUT2D eigenvalue weighted by Gasteiger charge is -2.14. The van der Waals surface area contributed by atoms with Gasteiger partial charge in [0.2, 0.25) is 0 Å². The first-order chi connectivity index (χ1) is 29.6. The molecule has 0 amide bonds. The summed E-state index contributed by atoms with van der Waals surface area (Å²) >= 11 is 0. The van der Waals surface area contributed by atoms with Crippen molar-refractivity contribution in [3.8, 4) is 28.3 Å². The molecule has 3 aromatic heterocycles. The van der Waals surface area contributed by atoms with E-state index in [0.29, 0.717) is 11.4 Å². The van der Waals surface area contributed by atoms with Crippen LogP contribution < -0.4 is 0 Å². The molecular weight excluding hydrogens is 731 g/mol. The number of nitrogens with zero attached hydrogens (tertiary/aromatic N) is 3. The molecule has 0 saturated carbocycles. The summed E-state index contributed by atoms with van der Waals surface area (Å²) in [6, 6.07) is 63.3. The molecule has 1 aliphatic rings. The topological polar surface area (TPSA) is 43.9 Å². The minimum absolute atomic E-state index is 0.661. The van der Waals surface area contributed by atoms with Crippen LogP contribution in [0.4, 0.5) is 0 Å². The lowest BCUT2D eigenvalue weighted by atomic mass is 9.90. The number of aromatic nitrogens is 3. The van der Waals surface area contributed by atoms with Crippen LogP contribution in [0.25, 0.3) is 116 Å². The smallest absolute Gasteiger partial charge is 0.197 e. The van der Waals surface area contributed by atoms with Crippen LogP contribution in [0.1, 0.15) is 29.2 Å². The number of rotatable bonds is 4. The number of fused-ring (bicyclic) bond motifs is 9. The molecule has 0 spiro atoms. The third-order valence-corrected chi connectivity index (χ3v) is 12.9. The van der Waals surface area contributed by atoms with E-state index in [1.165, 1.54) is 49.7 Å². The minimum atomic E-state index is 0.661. The summed E-state index contributed by atoms with van der Waals surface area (Å²) in [6.45, 7) is 4.51. The highest BCUT2D eigenvalue weighted by molar-refractivity contribution is 6.20. The molecule has 0 unspecified atom stereocenters. The third-order valence-electron chi connectivity index (χ3n) is 12.9. The van der Waals surface area contributed by atoms with Crippen LogP contribution in [-0.2, 0) is 0 Å². The van der Waals surface area contributed by atoms with Crippen molar-refractivity contribution < 1.29 is 4.42 Å². The number of para-hydroxylation sites is 1. The van der Waals surface area contributed by atoms with Crippen LogP contribution >= 0.6 is 0 Å². The van der Waals surface area contributed by atoms with Crippen molar-refractivity contribution in [2.45, 2.75) is 13.8 Å². The Morgan fingerprint density at radius 3 is 1.95 bits per heavy atom. The van der Waals surface area contributed by atoms with Gasteiger partial charge < -0.3 is 4.42 Å². The van der Waals surface area contributed by atoms with Crippen molar-refractivity contribution >= 4 is 87.3 Å². The van der Waals surface area contributed by atoms with E-state index >= 15 is 0 Å². The molecule has 0 bridgehead atoms. The Bertz CT molecular complexity index is 3850. The van der Waals surface area contributed by atoms with Crippen molar-refractivity contribution in [3.05, 3.63) is 198 Å². The summed E-state index contributed by atoms with van der Waals surface area (Å²) in [6.07, 6.45) is 0. The van der Waals surface area contributed by atoms with Crippen LogP contribution in [-0.4, -0.2) is 14.5 Å². The summed E-state index contributed by atoms with van der Waals surface area (Å²) in [5.41, 5.74) is 15.6. The number of hydrogen-bond donors (Lipinski definition) is 0. The number of allylic oxidation sites excluding steroid dienone is 1. The molecule has 13 rings (SSSR count). The van der Waals surface area contributed by atoms with Gasteiger partial charge in [-0.3, -0.25) is 4.57 Å². The number of furan rings is 1. The summed E-state index contributed by atoms with van der Waals surface area (Å²) in [4.78, 5) is 10.9. The van der Waals surface area contributed by atoms with E-state index in [-0.39, 0.29) is 0 Å². The molecule has 12 aromatic rings. The van der Waals surface area contributed by atoms with Crippen LogP contribution in [0.3, 0.4) is 0 Å². The summed E-state index contributed by atoms with van der Waals surface area (Å²) in [5, 5.41) is 10.4. The molecule has 0 fully saturated rings. The lowest BCUT2D eigenvalue weighted by molar-refractivity contribution is 0.662. The Kier molecular flexibility index (Phi) is 6.83. The second-order valence-electron chi connectivity index (χ2n) is 16.2. The van der Waals surface area contributed by atoms with Crippen LogP contribution in [0.5, 0.6) is 0 Å². The van der Waals surface area contributed by atoms with Gasteiger partial charge in [-0.2, -0.15) is 0 Å². The molecule has 1 aliphatic carbocycles. The monoisotopic (exact) mass is 765 g/mol. The van der Waals surface area contributed by atoms with Crippen molar-refractivity contribution in [1.82, 2.24) is 14.5 Å². The molecule has 0 N–H and O–H groups in total. The summed E-state index contributed by atoms with van der Waals surface area (Å²) in [7, 11) is 0. The second kappa shape index (κ2) is 12.3. The summed E-state index contributed by atoms with van der Waals surface area (Å²) < 4.78 is 9.14. The molecule has 4 heteroatoms. The van der Waals surface area contributed by atoms with Gasteiger partial charge >= 0.3 is 0 Å². The van der Waals surface area contributed by atoms with E-state index in [2.05, 4.69) is 194 Å². The second-order valence-corrected chi connectivity index (χ2v) is 16.2. The van der Waals surface area contributed by atoms with Gasteiger partial charge in [0.05, 0.1) is 16.4 Å². The SMILES string of the molecule is CC1=C(c2cc(-c3ccc4c(c3)c3ccccc3n4-c3nc(-c4cccc5ccccc45)nc4c3oc3ccc5ccccc5c34)ccc2C)c2cccc3cccc1c23. The zero-order valence-electron chi connectivity index (χ0n) is 33.0. The first kappa shape index (κ1) is 33.2. The maximum Gasteiger partial charge on any atom is 0.197 e. The van der Waals surface area contributed by atoms with Gasteiger partial charge in [-0.25, -0.2) is 9.97 Å². The minimum Gasteiger partial charge on any atom is -0.450 e. The van der Waals surface area contributed by atoms with E-state index in [1.807, 2.05) is 0 Å². The zero-order chi connectivity index (χ0) is 39.6. The fraction of sp³-hybridized carbons (Fsp3) is 0.0357. The van der Waals surface area contributed by atoms with Crippen molar-refractivity contribution in [3.63, 3.8) is 0 Å². The van der Waals surface area contributed by atoms with Gasteiger partial charge in [0.15, 0.2) is 17.2 Å². The van der Waals surface area contributed by atoms with E-state index in [0.717, 1.165) is 76.8 Å². The first-order valence-corrected chi connectivity index (χ1v) is 20.6. The van der Waals surface area contributed by atoms with Crippen LogP contribution in [0.2, 0.25) is 0 Å². The average Bonchev–Trinajstić information content (AvgIpc) is 3.94. The Balaban J connectivity index is 1.05. The highest BCUT2D eigenvalue weighted by atomic mass is 16.3. The van der Waals surface area contributed by atoms with E-state index in [4.69, 9.17) is 14.4 Å². The van der Waals surface area contributed by atoms with Gasteiger partial charge in [-0.15, -0.1) is 0 Å². The molecule has 0 atom stereocenters. The molecular formula is C56H35N3O. The fourth-order valence-electron chi connectivity index (χ4n) is 10.1. The highest BCUT2D eigenvalue weighted by Gasteiger charge is 2.26. The fourth-order valence-corrected chi connectivity index (χ4v) is 10.1. The van der Waals surface area contributed by atoms with E-state index < -0.39 is 0 Å². The molecule has 0 saturated heterocycles. The molecule has 0 aliphatic heterocycles. The molecule has 3 heterocycles. The number of hydrogen-bond acceptors (Lipinski definition) is 3. The van der Waals surface area contributed by atoms with Crippen LogP contribution in [0, 0.1) is 6.92 Å². The lowest BCUT2D eigenvalue weighted by Crippen LogP contribution is -2.02. The van der Waals surface area contributed by atoms with Crippen molar-refractivity contribution in [2.24, 2.45) is 0 Å². The Labute approximate surface area is 345 Å². The Morgan fingerprint density at radius 2 is 1.10 bits per heavy atom. The Hall–Kier alpha value is -7.82. The van der Waals surface area contributed by atoms with Gasteiger partial charge in [0.25, 0.3) is 0 Å². The zero-order valence-corrected chi connectivity index (χ0v) is 33.0. The number of benzene rings is 9.